The number of hydrogen-bond acceptors (Lipinski definition) is 7. The number of H-pyrrole nitrogens is 1. The average Bonchev–Trinajstić information content (AvgIpc) is 3.60. The molecule has 180 valence electrons. The molecule has 6 rings (SSSR count). The Balaban J connectivity index is 1.32. The van der Waals surface area contributed by atoms with Gasteiger partial charge in [-0.3, -0.25) is 9.89 Å². The van der Waals surface area contributed by atoms with Crippen molar-refractivity contribution in [3.05, 3.63) is 102 Å². The number of rotatable bonds is 8. The van der Waals surface area contributed by atoms with Gasteiger partial charge in [-0.1, -0.05) is 60.7 Å². The molecule has 0 spiro atoms. The minimum Gasteiger partial charge on any atom is -0.467 e. The topological polar surface area (TPSA) is 112 Å². The van der Waals surface area contributed by atoms with Crippen LogP contribution in [0.5, 0.6) is 0 Å². The second-order valence-corrected chi connectivity index (χ2v) is 8.76. The number of nitrogens with zero attached hydrogens (tertiary/aromatic N) is 4. The predicted molar refractivity (Wildman–Crippen MR) is 136 cm³/mol. The van der Waals surface area contributed by atoms with E-state index in [2.05, 4.69) is 42.8 Å². The molecule has 0 bridgehead atoms. The molecule has 3 aromatic heterocycles. The molecule has 9 nitrogen and oxygen atoms in total. The fourth-order valence-electron chi connectivity index (χ4n) is 4.53. The highest BCUT2D eigenvalue weighted by Crippen LogP contribution is 2.37. The summed E-state index contributed by atoms with van der Waals surface area (Å²) in [5, 5.41) is 14.6. The summed E-state index contributed by atoms with van der Waals surface area (Å²) < 4.78 is 5.42. The smallest absolute Gasteiger partial charge is 0.231 e. The molecular formula is C27H25N7O2. The van der Waals surface area contributed by atoms with Crippen molar-refractivity contribution < 1.29 is 9.21 Å². The molecule has 1 unspecified atom stereocenters. The lowest BCUT2D eigenvalue weighted by Gasteiger charge is -2.32. The van der Waals surface area contributed by atoms with Gasteiger partial charge in [0.15, 0.2) is 5.65 Å². The molecule has 0 aliphatic carbocycles. The standard InChI is InChI=1S/C27H25N7O2/c35-26(28-14-18-8-3-1-4-9-18)21-17-34(16-19-10-5-2-6-11-19)25-22-23(21)32-33-24(22)30-27(31-25)29-15-20-12-7-13-36-20/h1-13,21H,14-17H2,(H,28,35)(H2,29,30,31,32,33). The SMILES string of the molecule is O=C(NCc1ccccc1)C1CN(Cc2ccccc2)c2nc(NCc3ccco3)nc3n[nH]c1c23. The largest absolute Gasteiger partial charge is 0.467 e. The van der Waals surface area contributed by atoms with Crippen LogP contribution in [0.3, 0.4) is 0 Å². The monoisotopic (exact) mass is 479 g/mol. The number of hydrogen-bond donors (Lipinski definition) is 3. The van der Waals surface area contributed by atoms with Crippen LogP contribution in [0.15, 0.2) is 83.5 Å². The van der Waals surface area contributed by atoms with Crippen LogP contribution in [0, 0.1) is 0 Å². The molecule has 9 heteroatoms. The van der Waals surface area contributed by atoms with Crippen LogP contribution >= 0.6 is 0 Å². The first-order chi connectivity index (χ1) is 17.7. The third-order valence-electron chi connectivity index (χ3n) is 6.32. The summed E-state index contributed by atoms with van der Waals surface area (Å²) in [6, 6.07) is 23.8. The molecule has 0 saturated heterocycles. The fraction of sp³-hybridized carbons (Fsp3) is 0.185. The Morgan fingerprint density at radius 1 is 0.972 bits per heavy atom. The Hall–Kier alpha value is -4.66. The molecule has 0 fully saturated rings. The number of furan rings is 1. The van der Waals surface area contributed by atoms with Gasteiger partial charge >= 0.3 is 0 Å². The van der Waals surface area contributed by atoms with Gasteiger partial charge in [0.1, 0.15) is 11.6 Å². The van der Waals surface area contributed by atoms with Crippen LogP contribution < -0.4 is 15.5 Å². The van der Waals surface area contributed by atoms with E-state index in [9.17, 15) is 4.79 Å². The third kappa shape index (κ3) is 4.38. The number of anilines is 2. The molecule has 1 aliphatic heterocycles. The summed E-state index contributed by atoms with van der Waals surface area (Å²) in [6.45, 7) is 2.00. The van der Waals surface area contributed by atoms with Crippen LogP contribution in [0.2, 0.25) is 0 Å². The van der Waals surface area contributed by atoms with E-state index < -0.39 is 5.92 Å². The number of aromatic nitrogens is 4. The van der Waals surface area contributed by atoms with E-state index in [0.29, 0.717) is 37.8 Å². The van der Waals surface area contributed by atoms with Gasteiger partial charge in [0.2, 0.25) is 11.9 Å². The maximum atomic E-state index is 13.4. The minimum absolute atomic E-state index is 0.0619. The summed E-state index contributed by atoms with van der Waals surface area (Å²) in [4.78, 5) is 24.9. The van der Waals surface area contributed by atoms with Crippen molar-refractivity contribution in [1.29, 1.82) is 0 Å². The second kappa shape index (κ2) is 9.53. The highest BCUT2D eigenvalue weighted by molar-refractivity contribution is 5.98. The summed E-state index contributed by atoms with van der Waals surface area (Å²) in [7, 11) is 0. The zero-order valence-corrected chi connectivity index (χ0v) is 19.5. The molecule has 36 heavy (non-hydrogen) atoms. The number of amides is 1. The lowest BCUT2D eigenvalue weighted by atomic mass is 9.96. The van der Waals surface area contributed by atoms with Crippen molar-refractivity contribution in [2.75, 3.05) is 16.8 Å². The minimum atomic E-state index is -0.430. The Morgan fingerprint density at radius 3 is 2.50 bits per heavy atom. The van der Waals surface area contributed by atoms with E-state index in [-0.39, 0.29) is 5.91 Å². The van der Waals surface area contributed by atoms with E-state index in [1.54, 1.807) is 6.26 Å². The van der Waals surface area contributed by atoms with Crippen LogP contribution in [0.25, 0.3) is 11.0 Å². The highest BCUT2D eigenvalue weighted by Gasteiger charge is 2.35. The Kier molecular flexibility index (Phi) is 5.79. The molecule has 0 saturated carbocycles. The fourth-order valence-corrected chi connectivity index (χ4v) is 4.53. The molecule has 0 radical (unpaired) electrons. The number of carbonyl (C=O) groups is 1. The lowest BCUT2D eigenvalue weighted by Crippen LogP contribution is -2.40. The van der Waals surface area contributed by atoms with E-state index >= 15 is 0 Å². The average molecular weight is 480 g/mol. The van der Waals surface area contributed by atoms with Gasteiger partial charge in [0.25, 0.3) is 0 Å². The van der Waals surface area contributed by atoms with Crippen molar-refractivity contribution >= 4 is 28.7 Å². The van der Waals surface area contributed by atoms with Crippen molar-refractivity contribution in [3.8, 4) is 0 Å². The van der Waals surface area contributed by atoms with Gasteiger partial charge in [0.05, 0.1) is 29.8 Å². The third-order valence-corrected chi connectivity index (χ3v) is 6.32. The quantitative estimate of drug-likeness (QED) is 0.309. The molecule has 1 amide bonds. The predicted octanol–water partition coefficient (Wildman–Crippen LogP) is 3.98. The van der Waals surface area contributed by atoms with Gasteiger partial charge in [-0.25, -0.2) is 0 Å². The first-order valence-corrected chi connectivity index (χ1v) is 11.9. The van der Waals surface area contributed by atoms with Gasteiger partial charge in [-0.15, -0.1) is 0 Å². The van der Waals surface area contributed by atoms with Crippen LogP contribution in [0.4, 0.5) is 11.8 Å². The van der Waals surface area contributed by atoms with Crippen LogP contribution in [0.1, 0.15) is 28.5 Å². The number of nitrogens with one attached hydrogen (secondary N) is 3. The van der Waals surface area contributed by atoms with Crippen molar-refractivity contribution in [1.82, 2.24) is 25.5 Å². The second-order valence-electron chi connectivity index (χ2n) is 8.76. The first-order valence-electron chi connectivity index (χ1n) is 11.9. The zero-order valence-electron chi connectivity index (χ0n) is 19.5. The number of benzene rings is 2. The van der Waals surface area contributed by atoms with E-state index in [1.807, 2.05) is 60.7 Å². The van der Waals surface area contributed by atoms with Gasteiger partial charge in [-0.2, -0.15) is 15.1 Å². The van der Waals surface area contributed by atoms with Gasteiger partial charge in [-0.05, 0) is 23.3 Å². The molecule has 1 aliphatic rings. The molecule has 3 N–H and O–H groups in total. The molecule has 2 aromatic carbocycles. The maximum Gasteiger partial charge on any atom is 0.231 e. The van der Waals surface area contributed by atoms with E-state index in [0.717, 1.165) is 33.8 Å². The van der Waals surface area contributed by atoms with Gasteiger partial charge in [0, 0.05) is 19.6 Å². The zero-order chi connectivity index (χ0) is 24.3. The molecule has 5 aromatic rings. The van der Waals surface area contributed by atoms with Crippen molar-refractivity contribution in [2.45, 2.75) is 25.6 Å². The number of carbonyl (C=O) groups excluding carboxylic acids is 1. The molecule has 1 atom stereocenters. The summed E-state index contributed by atoms with van der Waals surface area (Å²) in [5.41, 5.74) is 3.45. The van der Waals surface area contributed by atoms with Crippen molar-refractivity contribution in [3.63, 3.8) is 0 Å². The van der Waals surface area contributed by atoms with Crippen LogP contribution in [-0.4, -0.2) is 32.6 Å². The summed E-state index contributed by atoms with van der Waals surface area (Å²) >= 11 is 0. The Morgan fingerprint density at radius 2 is 1.75 bits per heavy atom. The van der Waals surface area contributed by atoms with Crippen molar-refractivity contribution in [2.24, 2.45) is 0 Å². The van der Waals surface area contributed by atoms with E-state index in [1.165, 1.54) is 0 Å². The Bertz CT molecular complexity index is 1470. The molecular weight excluding hydrogens is 454 g/mol. The maximum absolute atomic E-state index is 13.4. The number of aromatic amines is 1. The first kappa shape index (κ1) is 21.8. The van der Waals surface area contributed by atoms with E-state index in [4.69, 9.17) is 9.40 Å². The lowest BCUT2D eigenvalue weighted by molar-refractivity contribution is -0.122. The molecule has 4 heterocycles. The van der Waals surface area contributed by atoms with Gasteiger partial charge < -0.3 is 20.0 Å². The highest BCUT2D eigenvalue weighted by atomic mass is 16.3. The summed E-state index contributed by atoms with van der Waals surface area (Å²) in [5.74, 6) is 1.50. The normalized spacial score (nSPS) is 14.7. The summed E-state index contributed by atoms with van der Waals surface area (Å²) in [6.07, 6.45) is 1.63. The van der Waals surface area contributed by atoms with Crippen LogP contribution in [-0.2, 0) is 24.4 Å². The Labute approximate surface area is 207 Å².